The molecule has 9 heteroatoms. The van der Waals surface area contributed by atoms with E-state index in [0.717, 1.165) is 11.6 Å². The SMILES string of the molecule is C[C@H](Nc1ccc([N+](=O)[O-])cc1S(=O)(=O)N1CCOCC1)c1ccccc1. The molecule has 0 spiro atoms. The fourth-order valence-electron chi connectivity index (χ4n) is 2.94. The lowest BCUT2D eigenvalue weighted by Gasteiger charge is -2.27. The van der Waals surface area contributed by atoms with Gasteiger partial charge in [-0.1, -0.05) is 30.3 Å². The van der Waals surface area contributed by atoms with Gasteiger partial charge in [0.2, 0.25) is 10.0 Å². The highest BCUT2D eigenvalue weighted by molar-refractivity contribution is 7.89. The normalized spacial score (nSPS) is 16.6. The van der Waals surface area contributed by atoms with Crippen molar-refractivity contribution in [1.82, 2.24) is 4.31 Å². The first-order valence-corrected chi connectivity index (χ1v) is 10.0. The van der Waals surface area contributed by atoms with E-state index in [2.05, 4.69) is 5.32 Å². The van der Waals surface area contributed by atoms with E-state index < -0.39 is 14.9 Å². The highest BCUT2D eigenvalue weighted by Crippen LogP contribution is 2.31. The zero-order chi connectivity index (χ0) is 19.4. The van der Waals surface area contributed by atoms with Crippen LogP contribution < -0.4 is 5.32 Å². The molecule has 144 valence electrons. The Labute approximate surface area is 158 Å². The fourth-order valence-corrected chi connectivity index (χ4v) is 4.52. The number of nitrogens with one attached hydrogen (secondary N) is 1. The third kappa shape index (κ3) is 4.26. The minimum absolute atomic E-state index is 0.0959. The van der Waals surface area contributed by atoms with Crippen LogP contribution in [0.3, 0.4) is 0 Å². The van der Waals surface area contributed by atoms with Crippen molar-refractivity contribution in [3.05, 3.63) is 64.2 Å². The predicted octanol–water partition coefficient (Wildman–Crippen LogP) is 2.79. The van der Waals surface area contributed by atoms with Gasteiger partial charge < -0.3 is 10.1 Å². The molecule has 8 nitrogen and oxygen atoms in total. The van der Waals surface area contributed by atoms with E-state index in [-0.39, 0.29) is 29.7 Å². The van der Waals surface area contributed by atoms with Gasteiger partial charge in [0.05, 0.1) is 23.8 Å². The number of nitro benzene ring substituents is 1. The van der Waals surface area contributed by atoms with Crippen LogP contribution in [0, 0.1) is 10.1 Å². The number of nitrogens with zero attached hydrogens (tertiary/aromatic N) is 2. The molecular weight excluding hydrogens is 370 g/mol. The summed E-state index contributed by atoms with van der Waals surface area (Å²) < 4.78 is 32.7. The van der Waals surface area contributed by atoms with E-state index in [0.29, 0.717) is 18.9 Å². The van der Waals surface area contributed by atoms with Crippen molar-refractivity contribution < 1.29 is 18.1 Å². The molecule has 0 saturated carbocycles. The van der Waals surface area contributed by atoms with Gasteiger partial charge in [-0.25, -0.2) is 8.42 Å². The largest absolute Gasteiger partial charge is 0.379 e. The maximum absolute atomic E-state index is 13.1. The molecule has 0 radical (unpaired) electrons. The molecule has 1 atom stereocenters. The number of hydrogen-bond donors (Lipinski definition) is 1. The van der Waals surface area contributed by atoms with Crippen LogP contribution in [0.1, 0.15) is 18.5 Å². The summed E-state index contributed by atoms with van der Waals surface area (Å²) in [5.41, 5.74) is 1.05. The van der Waals surface area contributed by atoms with Crippen LogP contribution in [0.15, 0.2) is 53.4 Å². The average molecular weight is 391 g/mol. The van der Waals surface area contributed by atoms with E-state index in [9.17, 15) is 18.5 Å². The van der Waals surface area contributed by atoms with Crippen LogP contribution in [-0.4, -0.2) is 43.9 Å². The Balaban J connectivity index is 1.99. The molecule has 0 aliphatic carbocycles. The van der Waals surface area contributed by atoms with Crippen LogP contribution in [0.5, 0.6) is 0 Å². The summed E-state index contributed by atoms with van der Waals surface area (Å²) in [6.07, 6.45) is 0. The summed E-state index contributed by atoms with van der Waals surface area (Å²) in [5.74, 6) is 0. The number of rotatable bonds is 6. The van der Waals surface area contributed by atoms with Crippen LogP contribution in [0.25, 0.3) is 0 Å². The molecule has 2 aromatic carbocycles. The van der Waals surface area contributed by atoms with Crippen molar-refractivity contribution in [3.63, 3.8) is 0 Å². The molecule has 1 aliphatic rings. The summed E-state index contributed by atoms with van der Waals surface area (Å²) in [5, 5.41) is 14.3. The van der Waals surface area contributed by atoms with Gasteiger partial charge in [-0.2, -0.15) is 4.31 Å². The monoisotopic (exact) mass is 391 g/mol. The van der Waals surface area contributed by atoms with Crippen LogP contribution >= 0.6 is 0 Å². The fraction of sp³-hybridized carbons (Fsp3) is 0.333. The lowest BCUT2D eigenvalue weighted by molar-refractivity contribution is -0.385. The van der Waals surface area contributed by atoms with Crippen molar-refractivity contribution in [2.75, 3.05) is 31.6 Å². The van der Waals surface area contributed by atoms with Crippen molar-refractivity contribution in [1.29, 1.82) is 0 Å². The second kappa shape index (κ2) is 8.03. The molecule has 1 saturated heterocycles. The number of sulfonamides is 1. The van der Waals surface area contributed by atoms with Crippen molar-refractivity contribution in [2.24, 2.45) is 0 Å². The summed E-state index contributed by atoms with van der Waals surface area (Å²) in [6.45, 7) is 2.95. The molecule has 1 N–H and O–H groups in total. The van der Waals surface area contributed by atoms with Crippen molar-refractivity contribution in [2.45, 2.75) is 17.9 Å². The Morgan fingerprint density at radius 2 is 1.81 bits per heavy atom. The number of morpholine rings is 1. The standard InChI is InChI=1S/C18H21N3O5S/c1-14(15-5-3-2-4-6-15)19-17-8-7-16(21(22)23)13-18(17)27(24,25)20-9-11-26-12-10-20/h2-8,13-14,19H,9-12H2,1H3/t14-/m0/s1. The Morgan fingerprint density at radius 1 is 1.15 bits per heavy atom. The molecule has 0 amide bonds. The number of non-ortho nitro benzene ring substituents is 1. The quantitative estimate of drug-likeness (QED) is 0.600. The third-order valence-corrected chi connectivity index (χ3v) is 6.37. The van der Waals surface area contributed by atoms with Gasteiger partial charge in [0.25, 0.3) is 5.69 Å². The van der Waals surface area contributed by atoms with E-state index in [1.165, 1.54) is 16.4 Å². The zero-order valence-electron chi connectivity index (χ0n) is 14.9. The average Bonchev–Trinajstić information content (AvgIpc) is 2.69. The van der Waals surface area contributed by atoms with Crippen LogP contribution in [0.4, 0.5) is 11.4 Å². The van der Waals surface area contributed by atoms with Gasteiger partial charge in [-0.05, 0) is 18.6 Å². The highest BCUT2D eigenvalue weighted by Gasteiger charge is 2.30. The lowest BCUT2D eigenvalue weighted by Crippen LogP contribution is -2.40. The maximum Gasteiger partial charge on any atom is 0.270 e. The molecule has 0 unspecified atom stereocenters. The van der Waals surface area contributed by atoms with E-state index >= 15 is 0 Å². The number of benzene rings is 2. The molecule has 0 bridgehead atoms. The predicted molar refractivity (Wildman–Crippen MR) is 101 cm³/mol. The van der Waals surface area contributed by atoms with Crippen molar-refractivity contribution >= 4 is 21.4 Å². The zero-order valence-corrected chi connectivity index (χ0v) is 15.7. The molecule has 2 aromatic rings. The first kappa shape index (κ1) is 19.3. The van der Waals surface area contributed by atoms with E-state index in [4.69, 9.17) is 4.74 Å². The molecule has 27 heavy (non-hydrogen) atoms. The van der Waals surface area contributed by atoms with Crippen LogP contribution in [0.2, 0.25) is 0 Å². The lowest BCUT2D eigenvalue weighted by atomic mass is 10.1. The van der Waals surface area contributed by atoms with E-state index in [1.54, 1.807) is 0 Å². The number of hydrogen-bond acceptors (Lipinski definition) is 6. The Kier molecular flexibility index (Phi) is 5.73. The summed E-state index contributed by atoms with van der Waals surface area (Å²) >= 11 is 0. The summed E-state index contributed by atoms with van der Waals surface area (Å²) in [7, 11) is -3.89. The first-order chi connectivity index (χ1) is 12.9. The molecule has 1 fully saturated rings. The summed E-state index contributed by atoms with van der Waals surface area (Å²) in [4.78, 5) is 10.5. The smallest absolute Gasteiger partial charge is 0.270 e. The Morgan fingerprint density at radius 3 is 2.44 bits per heavy atom. The second-order valence-corrected chi connectivity index (χ2v) is 8.14. The summed E-state index contributed by atoms with van der Waals surface area (Å²) in [6, 6.07) is 13.2. The van der Waals surface area contributed by atoms with Crippen molar-refractivity contribution in [3.8, 4) is 0 Å². The molecule has 0 aromatic heterocycles. The number of nitro groups is 1. The van der Waals surface area contributed by atoms with Gasteiger partial charge in [-0.15, -0.1) is 0 Å². The van der Waals surface area contributed by atoms with E-state index in [1.807, 2.05) is 37.3 Å². The number of anilines is 1. The van der Waals surface area contributed by atoms with Gasteiger partial charge in [0, 0.05) is 31.3 Å². The van der Waals surface area contributed by atoms with Gasteiger partial charge in [-0.3, -0.25) is 10.1 Å². The number of ether oxygens (including phenoxy) is 1. The van der Waals surface area contributed by atoms with Gasteiger partial charge in [0.1, 0.15) is 4.90 Å². The molecule has 1 heterocycles. The highest BCUT2D eigenvalue weighted by atomic mass is 32.2. The Hall–Kier alpha value is -2.49. The minimum atomic E-state index is -3.89. The molecule has 1 aliphatic heterocycles. The second-order valence-electron chi connectivity index (χ2n) is 6.23. The Bertz CT molecular complexity index is 912. The minimum Gasteiger partial charge on any atom is -0.379 e. The van der Waals surface area contributed by atoms with Gasteiger partial charge >= 0.3 is 0 Å². The first-order valence-electron chi connectivity index (χ1n) is 8.57. The topological polar surface area (TPSA) is 102 Å². The molecular formula is C18H21N3O5S. The molecule has 3 rings (SSSR count). The third-order valence-electron chi connectivity index (χ3n) is 4.44. The van der Waals surface area contributed by atoms with Gasteiger partial charge in [0.15, 0.2) is 0 Å². The van der Waals surface area contributed by atoms with Crippen LogP contribution in [-0.2, 0) is 14.8 Å². The maximum atomic E-state index is 13.1.